The molecule has 0 radical (unpaired) electrons. The van der Waals surface area contributed by atoms with E-state index in [0.29, 0.717) is 10.9 Å². The third-order valence-corrected chi connectivity index (χ3v) is 3.93. The number of thiophene rings is 1. The van der Waals surface area contributed by atoms with Gasteiger partial charge in [0.25, 0.3) is 11.8 Å². The first-order chi connectivity index (χ1) is 10.7. The van der Waals surface area contributed by atoms with Gasteiger partial charge in [-0.2, -0.15) is 0 Å². The second-order valence-electron chi connectivity index (χ2n) is 4.44. The Balaban J connectivity index is 1.54. The van der Waals surface area contributed by atoms with Crippen molar-refractivity contribution in [2.45, 2.75) is 13.0 Å². The van der Waals surface area contributed by atoms with E-state index in [1.54, 1.807) is 24.3 Å². The molecule has 0 bridgehead atoms. The molecule has 5 nitrogen and oxygen atoms in total. The van der Waals surface area contributed by atoms with E-state index in [0.717, 1.165) is 10.4 Å². The molecule has 0 aliphatic rings. The zero-order chi connectivity index (χ0) is 15.4. The van der Waals surface area contributed by atoms with Crippen LogP contribution in [0, 0.1) is 0 Å². The summed E-state index contributed by atoms with van der Waals surface area (Å²) >= 11 is 7.29. The summed E-state index contributed by atoms with van der Waals surface area (Å²) in [4.78, 5) is 12.6. The van der Waals surface area contributed by atoms with Crippen LogP contribution in [0.5, 0.6) is 0 Å². The Morgan fingerprint density at radius 1 is 1.23 bits per heavy atom. The van der Waals surface area contributed by atoms with Gasteiger partial charge in [0.2, 0.25) is 0 Å². The molecule has 0 N–H and O–H groups in total. The molecule has 0 aliphatic carbocycles. The van der Waals surface area contributed by atoms with Crippen molar-refractivity contribution in [3.63, 3.8) is 0 Å². The van der Waals surface area contributed by atoms with Crippen LogP contribution in [0.15, 0.2) is 46.2 Å². The molecule has 3 rings (SSSR count). The molecule has 1 aromatic carbocycles. The quantitative estimate of drug-likeness (QED) is 0.665. The summed E-state index contributed by atoms with van der Waals surface area (Å²) in [5, 5.41) is 10.3. The highest BCUT2D eigenvalue weighted by molar-refractivity contribution is 7.13. The highest BCUT2D eigenvalue weighted by Gasteiger charge is 2.12. The maximum absolute atomic E-state index is 11.8. The molecule has 0 saturated heterocycles. The molecule has 7 heteroatoms. The molecule has 2 heterocycles. The standard InChI is InChI=1S/C15H11ClN2O3S/c16-11-5-3-10(4-6-11)8-14(19)20-9-13-17-18-15(21-13)12-2-1-7-22-12/h1-7H,8-9H2. The first-order valence-electron chi connectivity index (χ1n) is 6.47. The summed E-state index contributed by atoms with van der Waals surface area (Å²) < 4.78 is 10.6. The third kappa shape index (κ3) is 3.72. The van der Waals surface area contributed by atoms with Gasteiger partial charge in [-0.3, -0.25) is 4.79 Å². The molecular weight excluding hydrogens is 324 g/mol. The van der Waals surface area contributed by atoms with Crippen molar-refractivity contribution in [2.75, 3.05) is 0 Å². The lowest BCUT2D eigenvalue weighted by atomic mass is 10.2. The molecule has 0 spiro atoms. The summed E-state index contributed by atoms with van der Waals surface area (Å²) in [7, 11) is 0. The first-order valence-corrected chi connectivity index (χ1v) is 7.73. The lowest BCUT2D eigenvalue weighted by molar-refractivity contribution is -0.144. The van der Waals surface area contributed by atoms with Crippen LogP contribution in [0.4, 0.5) is 0 Å². The maximum atomic E-state index is 11.8. The van der Waals surface area contributed by atoms with Crippen LogP contribution in [0.2, 0.25) is 5.02 Å². The molecule has 112 valence electrons. The van der Waals surface area contributed by atoms with E-state index >= 15 is 0 Å². The number of ether oxygens (including phenoxy) is 1. The number of hydrogen-bond donors (Lipinski definition) is 0. The zero-order valence-electron chi connectivity index (χ0n) is 11.4. The van der Waals surface area contributed by atoms with Crippen molar-refractivity contribution < 1.29 is 13.9 Å². The second kappa shape index (κ2) is 6.72. The Kier molecular flexibility index (Phi) is 4.50. The lowest BCUT2D eigenvalue weighted by Crippen LogP contribution is -2.08. The van der Waals surface area contributed by atoms with Crippen LogP contribution in [-0.2, 0) is 22.6 Å². The molecule has 22 heavy (non-hydrogen) atoms. The lowest BCUT2D eigenvalue weighted by Gasteiger charge is -2.02. The Labute approximate surface area is 135 Å². The molecule has 2 aromatic heterocycles. The number of esters is 1. The van der Waals surface area contributed by atoms with Crippen LogP contribution in [0.25, 0.3) is 10.8 Å². The summed E-state index contributed by atoms with van der Waals surface area (Å²) in [6.45, 7) is -0.0369. The molecule has 0 amide bonds. The van der Waals surface area contributed by atoms with Gasteiger partial charge in [0.15, 0.2) is 6.61 Å². The normalized spacial score (nSPS) is 10.6. The third-order valence-electron chi connectivity index (χ3n) is 2.82. The van der Waals surface area contributed by atoms with Crippen molar-refractivity contribution in [1.82, 2.24) is 10.2 Å². The van der Waals surface area contributed by atoms with Gasteiger partial charge in [-0.1, -0.05) is 29.8 Å². The van der Waals surface area contributed by atoms with E-state index < -0.39 is 0 Å². The van der Waals surface area contributed by atoms with Crippen LogP contribution >= 0.6 is 22.9 Å². The van der Waals surface area contributed by atoms with Gasteiger partial charge in [-0.05, 0) is 29.1 Å². The summed E-state index contributed by atoms with van der Waals surface area (Å²) in [5.41, 5.74) is 0.833. The molecule has 0 saturated carbocycles. The summed E-state index contributed by atoms with van der Waals surface area (Å²) in [6, 6.07) is 10.8. The van der Waals surface area contributed by atoms with E-state index in [1.807, 2.05) is 17.5 Å². The van der Waals surface area contributed by atoms with E-state index in [-0.39, 0.29) is 24.9 Å². The Hall–Kier alpha value is -2.18. The Morgan fingerprint density at radius 2 is 2.05 bits per heavy atom. The van der Waals surface area contributed by atoms with Gasteiger partial charge < -0.3 is 9.15 Å². The number of benzene rings is 1. The topological polar surface area (TPSA) is 65.2 Å². The molecule has 0 aliphatic heterocycles. The summed E-state index contributed by atoms with van der Waals surface area (Å²) in [6.07, 6.45) is 0.170. The molecule has 0 unspecified atom stereocenters. The smallest absolute Gasteiger partial charge is 0.310 e. The number of halogens is 1. The van der Waals surface area contributed by atoms with Gasteiger partial charge in [0, 0.05) is 5.02 Å². The largest absolute Gasteiger partial charge is 0.455 e. The molecule has 3 aromatic rings. The SMILES string of the molecule is O=C(Cc1ccc(Cl)cc1)OCc1nnc(-c2cccs2)o1. The number of aromatic nitrogens is 2. The molecular formula is C15H11ClN2O3S. The second-order valence-corrected chi connectivity index (χ2v) is 5.83. The summed E-state index contributed by atoms with van der Waals surface area (Å²) in [5.74, 6) is 0.338. The minimum atomic E-state index is -0.363. The average molecular weight is 335 g/mol. The Morgan fingerprint density at radius 3 is 2.77 bits per heavy atom. The average Bonchev–Trinajstić information content (AvgIpc) is 3.18. The van der Waals surface area contributed by atoms with Crippen molar-refractivity contribution in [3.8, 4) is 10.8 Å². The van der Waals surface area contributed by atoms with Crippen molar-refractivity contribution >= 4 is 28.9 Å². The fourth-order valence-corrected chi connectivity index (χ4v) is 2.54. The number of carbonyl (C=O) groups excluding carboxylic acids is 1. The van der Waals surface area contributed by atoms with Crippen LogP contribution in [0.3, 0.4) is 0 Å². The van der Waals surface area contributed by atoms with Crippen molar-refractivity contribution in [3.05, 3.63) is 58.3 Å². The first kappa shape index (κ1) is 14.7. The highest BCUT2D eigenvalue weighted by Crippen LogP contribution is 2.23. The monoisotopic (exact) mass is 334 g/mol. The van der Waals surface area contributed by atoms with Gasteiger partial charge in [-0.25, -0.2) is 0 Å². The van der Waals surface area contributed by atoms with Crippen molar-refractivity contribution in [1.29, 1.82) is 0 Å². The fourth-order valence-electron chi connectivity index (χ4n) is 1.77. The highest BCUT2D eigenvalue weighted by atomic mass is 35.5. The van der Waals surface area contributed by atoms with Gasteiger partial charge in [0.05, 0.1) is 11.3 Å². The van der Waals surface area contributed by atoms with Gasteiger partial charge in [0.1, 0.15) is 0 Å². The molecule has 0 atom stereocenters. The Bertz CT molecular complexity index is 753. The van der Waals surface area contributed by atoms with E-state index in [1.165, 1.54) is 11.3 Å². The van der Waals surface area contributed by atoms with Gasteiger partial charge >= 0.3 is 5.97 Å². The minimum Gasteiger partial charge on any atom is -0.455 e. The van der Waals surface area contributed by atoms with Crippen LogP contribution < -0.4 is 0 Å². The van der Waals surface area contributed by atoms with E-state index in [9.17, 15) is 4.79 Å². The molecule has 0 fully saturated rings. The maximum Gasteiger partial charge on any atom is 0.310 e. The number of hydrogen-bond acceptors (Lipinski definition) is 6. The fraction of sp³-hybridized carbons (Fsp3) is 0.133. The predicted octanol–water partition coefficient (Wildman–Crippen LogP) is 3.74. The number of rotatable bonds is 5. The van der Waals surface area contributed by atoms with Crippen LogP contribution in [-0.4, -0.2) is 16.2 Å². The predicted molar refractivity (Wildman–Crippen MR) is 82.6 cm³/mol. The number of nitrogens with zero attached hydrogens (tertiary/aromatic N) is 2. The van der Waals surface area contributed by atoms with E-state index in [2.05, 4.69) is 10.2 Å². The van der Waals surface area contributed by atoms with Gasteiger partial charge in [-0.15, -0.1) is 21.5 Å². The zero-order valence-corrected chi connectivity index (χ0v) is 12.9. The van der Waals surface area contributed by atoms with Crippen molar-refractivity contribution in [2.24, 2.45) is 0 Å². The minimum absolute atomic E-state index is 0.0369. The number of carbonyl (C=O) groups is 1. The van der Waals surface area contributed by atoms with E-state index in [4.69, 9.17) is 20.8 Å². The van der Waals surface area contributed by atoms with Crippen LogP contribution in [0.1, 0.15) is 11.5 Å².